The number of hydrogen-bond acceptors (Lipinski definition) is 5. The summed E-state index contributed by atoms with van der Waals surface area (Å²) in [5, 5.41) is 9.12. The van der Waals surface area contributed by atoms with E-state index in [0.29, 0.717) is 5.82 Å². The Morgan fingerprint density at radius 3 is 1.42 bits per heavy atom. The molecule has 64 heavy (non-hydrogen) atoms. The van der Waals surface area contributed by atoms with E-state index in [1.165, 1.54) is 21.5 Å². The summed E-state index contributed by atoms with van der Waals surface area (Å²) in [6, 6.07) is 70.3. The van der Waals surface area contributed by atoms with E-state index >= 15 is 0 Å². The second-order valence-corrected chi connectivity index (χ2v) is 16.4. The van der Waals surface area contributed by atoms with Gasteiger partial charge in [-0.25, -0.2) is 9.97 Å². The Labute approximate surface area is 367 Å². The smallest absolute Gasteiger partial charge is 0.160 e. The average molecular weight is 818 g/mol. The van der Waals surface area contributed by atoms with Crippen molar-refractivity contribution in [2.24, 2.45) is 0 Å². The van der Waals surface area contributed by atoms with Crippen LogP contribution in [0.4, 0.5) is 0 Å². The zero-order valence-corrected chi connectivity index (χ0v) is 34.4. The molecule has 9 aromatic carbocycles. The lowest BCUT2D eigenvalue weighted by Gasteiger charge is -2.14. The number of benzene rings is 9. The van der Waals surface area contributed by atoms with Crippen LogP contribution in [0.5, 0.6) is 0 Å². The van der Waals surface area contributed by atoms with Crippen molar-refractivity contribution in [3.63, 3.8) is 0 Å². The number of furan rings is 2. The van der Waals surface area contributed by atoms with Crippen LogP contribution >= 0.6 is 0 Å². The van der Waals surface area contributed by atoms with Crippen molar-refractivity contribution >= 4 is 65.4 Å². The van der Waals surface area contributed by atoms with Gasteiger partial charge in [-0.05, 0) is 122 Å². The maximum Gasteiger partial charge on any atom is 0.160 e. The van der Waals surface area contributed by atoms with Gasteiger partial charge in [0.05, 0.1) is 11.4 Å². The number of rotatable bonds is 6. The van der Waals surface area contributed by atoms with Gasteiger partial charge in [-0.2, -0.15) is 0 Å². The molecule has 4 heterocycles. The van der Waals surface area contributed by atoms with E-state index in [2.05, 4.69) is 181 Å². The molecule has 0 saturated carbocycles. The van der Waals surface area contributed by atoms with Gasteiger partial charge in [-0.1, -0.05) is 127 Å². The third kappa shape index (κ3) is 6.05. The largest absolute Gasteiger partial charge is 0.456 e. The van der Waals surface area contributed by atoms with E-state index in [4.69, 9.17) is 18.8 Å². The van der Waals surface area contributed by atoms with Crippen molar-refractivity contribution in [2.75, 3.05) is 0 Å². The van der Waals surface area contributed by atoms with Crippen molar-refractivity contribution in [2.45, 2.75) is 0 Å². The Kier molecular flexibility index (Phi) is 8.15. The monoisotopic (exact) mass is 817 g/mol. The van der Waals surface area contributed by atoms with Crippen LogP contribution in [0.25, 0.3) is 133 Å². The first-order chi connectivity index (χ1) is 31.7. The predicted molar refractivity (Wildman–Crippen MR) is 262 cm³/mol. The minimum Gasteiger partial charge on any atom is -0.456 e. The SMILES string of the molecule is c1ccc(-c2nc(-c3cccc(-c4cccnc4)c3)cc(-c3cc(-c4ccc5oc6ccc7ccccc7c6c5c4)cc(-c4ccc5oc6ccc7ccccc7c6c5c4)c3)n2)cc1. The number of fused-ring (bicyclic) bond motifs is 10. The summed E-state index contributed by atoms with van der Waals surface area (Å²) >= 11 is 0. The van der Waals surface area contributed by atoms with E-state index in [0.717, 1.165) is 105 Å². The summed E-state index contributed by atoms with van der Waals surface area (Å²) in [5.74, 6) is 0.656. The second-order valence-electron chi connectivity index (χ2n) is 16.4. The van der Waals surface area contributed by atoms with Crippen LogP contribution in [0, 0.1) is 0 Å². The summed E-state index contributed by atoms with van der Waals surface area (Å²) in [6.07, 6.45) is 3.69. The van der Waals surface area contributed by atoms with Crippen molar-refractivity contribution in [1.29, 1.82) is 0 Å². The molecule has 0 aliphatic carbocycles. The molecule has 5 heteroatoms. The molecule has 0 spiro atoms. The van der Waals surface area contributed by atoms with Gasteiger partial charge in [-0.15, -0.1) is 0 Å². The van der Waals surface area contributed by atoms with E-state index < -0.39 is 0 Å². The van der Waals surface area contributed by atoms with Gasteiger partial charge in [0, 0.05) is 56.2 Å². The Balaban J connectivity index is 1.05. The van der Waals surface area contributed by atoms with Gasteiger partial charge in [0.2, 0.25) is 0 Å². The number of aromatic nitrogens is 3. The van der Waals surface area contributed by atoms with Gasteiger partial charge in [-0.3, -0.25) is 4.98 Å². The standard InChI is InChI=1S/C59H35N3O2/c1-2-12-38(13-3-1)59-61-51(42-15-8-14-39(28-42)43-16-9-27-60-35-43)34-52(62-59)46-30-44(40-21-23-53-49(32-40)57-47-17-6-4-10-36(47)19-25-55(57)63-53)29-45(31-46)41-22-24-54-50(33-41)58-48-18-7-5-11-37(48)20-26-56(58)64-54/h1-35H. The van der Waals surface area contributed by atoms with Crippen molar-refractivity contribution in [1.82, 2.24) is 15.0 Å². The maximum absolute atomic E-state index is 6.45. The molecule has 0 N–H and O–H groups in total. The lowest BCUT2D eigenvalue weighted by molar-refractivity contribution is 0.669. The first-order valence-corrected chi connectivity index (χ1v) is 21.5. The Morgan fingerprint density at radius 1 is 0.297 bits per heavy atom. The fourth-order valence-electron chi connectivity index (χ4n) is 9.41. The molecule has 0 atom stereocenters. The summed E-state index contributed by atoms with van der Waals surface area (Å²) in [7, 11) is 0. The number of pyridine rings is 1. The van der Waals surface area contributed by atoms with Crippen LogP contribution in [0.1, 0.15) is 0 Å². The van der Waals surface area contributed by atoms with E-state index in [1.54, 1.807) is 6.20 Å². The summed E-state index contributed by atoms with van der Waals surface area (Å²) in [5.41, 5.74) is 14.4. The van der Waals surface area contributed by atoms with Crippen LogP contribution in [-0.4, -0.2) is 15.0 Å². The molecule has 0 amide bonds. The Hall–Kier alpha value is -8.67. The highest BCUT2D eigenvalue weighted by atomic mass is 16.3. The normalized spacial score (nSPS) is 11.8. The molecule has 13 rings (SSSR count). The molecule has 0 aliphatic rings. The quantitative estimate of drug-likeness (QED) is 0.167. The van der Waals surface area contributed by atoms with Gasteiger partial charge < -0.3 is 8.83 Å². The molecule has 0 radical (unpaired) electrons. The minimum absolute atomic E-state index is 0.656. The number of nitrogens with zero attached hydrogens (tertiary/aromatic N) is 3. The van der Waals surface area contributed by atoms with Gasteiger partial charge >= 0.3 is 0 Å². The van der Waals surface area contributed by atoms with Crippen molar-refractivity contribution < 1.29 is 8.83 Å². The molecule has 298 valence electrons. The third-order valence-electron chi connectivity index (χ3n) is 12.5. The lowest BCUT2D eigenvalue weighted by Crippen LogP contribution is -1.97. The molecule has 13 aromatic rings. The predicted octanol–water partition coefficient (Wildman–Crippen LogP) is 16.0. The lowest BCUT2D eigenvalue weighted by atomic mass is 9.92. The van der Waals surface area contributed by atoms with Crippen LogP contribution in [0.3, 0.4) is 0 Å². The molecule has 4 aromatic heterocycles. The Morgan fingerprint density at radius 2 is 0.797 bits per heavy atom. The fraction of sp³-hybridized carbons (Fsp3) is 0. The molecule has 0 fully saturated rings. The second kappa shape index (κ2) is 14.5. The molecule has 5 nitrogen and oxygen atoms in total. The molecule has 0 saturated heterocycles. The first-order valence-electron chi connectivity index (χ1n) is 21.5. The number of hydrogen-bond donors (Lipinski definition) is 0. The zero-order valence-electron chi connectivity index (χ0n) is 34.4. The highest BCUT2D eigenvalue weighted by Crippen LogP contribution is 2.42. The summed E-state index contributed by atoms with van der Waals surface area (Å²) < 4.78 is 12.9. The van der Waals surface area contributed by atoms with Gasteiger partial charge in [0.15, 0.2) is 5.82 Å². The average Bonchev–Trinajstić information content (AvgIpc) is 3.95. The minimum atomic E-state index is 0.656. The summed E-state index contributed by atoms with van der Waals surface area (Å²) in [6.45, 7) is 0. The fourth-order valence-corrected chi connectivity index (χ4v) is 9.41. The maximum atomic E-state index is 6.45. The van der Waals surface area contributed by atoms with Gasteiger partial charge in [0.25, 0.3) is 0 Å². The van der Waals surface area contributed by atoms with E-state index in [9.17, 15) is 0 Å². The van der Waals surface area contributed by atoms with Crippen LogP contribution < -0.4 is 0 Å². The molecular formula is C59H35N3O2. The van der Waals surface area contributed by atoms with Crippen LogP contribution in [-0.2, 0) is 0 Å². The van der Waals surface area contributed by atoms with E-state index in [-0.39, 0.29) is 0 Å². The van der Waals surface area contributed by atoms with Gasteiger partial charge in [0.1, 0.15) is 22.3 Å². The van der Waals surface area contributed by atoms with E-state index in [1.807, 2.05) is 30.5 Å². The third-order valence-corrected chi connectivity index (χ3v) is 12.5. The zero-order chi connectivity index (χ0) is 42.1. The van der Waals surface area contributed by atoms with Crippen LogP contribution in [0.2, 0.25) is 0 Å². The first kappa shape index (κ1) is 36.0. The molecular weight excluding hydrogens is 783 g/mol. The molecule has 0 aliphatic heterocycles. The Bertz CT molecular complexity index is 3790. The van der Waals surface area contributed by atoms with Crippen molar-refractivity contribution in [3.8, 4) is 67.3 Å². The summed E-state index contributed by atoms with van der Waals surface area (Å²) in [4.78, 5) is 14.9. The molecule has 0 unspecified atom stereocenters. The molecule has 0 bridgehead atoms. The highest BCUT2D eigenvalue weighted by molar-refractivity contribution is 6.20. The topological polar surface area (TPSA) is 65.0 Å². The highest BCUT2D eigenvalue weighted by Gasteiger charge is 2.18. The van der Waals surface area contributed by atoms with Crippen molar-refractivity contribution in [3.05, 3.63) is 213 Å². The van der Waals surface area contributed by atoms with Crippen LogP contribution in [0.15, 0.2) is 221 Å².